The summed E-state index contributed by atoms with van der Waals surface area (Å²) < 4.78 is 5.44. The van der Waals surface area contributed by atoms with Crippen molar-refractivity contribution in [2.24, 2.45) is 0 Å². The van der Waals surface area contributed by atoms with E-state index in [4.69, 9.17) is 4.74 Å². The molecule has 0 saturated carbocycles. The van der Waals surface area contributed by atoms with Crippen molar-refractivity contribution >= 4 is 5.91 Å². The van der Waals surface area contributed by atoms with Crippen LogP contribution in [0.5, 0.6) is 5.88 Å². The van der Waals surface area contributed by atoms with Crippen molar-refractivity contribution < 1.29 is 9.53 Å². The van der Waals surface area contributed by atoms with Crippen LogP contribution in [0.25, 0.3) is 0 Å². The maximum atomic E-state index is 12.6. The van der Waals surface area contributed by atoms with E-state index in [0.29, 0.717) is 25.6 Å². The van der Waals surface area contributed by atoms with E-state index in [9.17, 15) is 4.79 Å². The second-order valence-corrected chi connectivity index (χ2v) is 5.53. The maximum absolute atomic E-state index is 12.6. The van der Waals surface area contributed by atoms with E-state index >= 15 is 0 Å². The summed E-state index contributed by atoms with van der Waals surface area (Å²) in [4.78, 5) is 19.0. The molecule has 0 saturated heterocycles. The summed E-state index contributed by atoms with van der Waals surface area (Å²) in [6.07, 6.45) is 0.772. The van der Waals surface area contributed by atoms with Gasteiger partial charge < -0.3 is 9.64 Å². The Hall–Kier alpha value is -2.36. The third-order valence-electron chi connectivity index (χ3n) is 3.87. The van der Waals surface area contributed by atoms with Crippen molar-refractivity contribution in [2.75, 3.05) is 13.2 Å². The maximum Gasteiger partial charge on any atom is 0.254 e. The van der Waals surface area contributed by atoms with Crippen molar-refractivity contribution in [3.05, 3.63) is 58.8 Å². The Morgan fingerprint density at radius 2 is 2.18 bits per heavy atom. The molecule has 114 valence electrons. The van der Waals surface area contributed by atoms with Gasteiger partial charge in [0.05, 0.1) is 12.3 Å². The van der Waals surface area contributed by atoms with E-state index in [1.54, 1.807) is 0 Å². The van der Waals surface area contributed by atoms with E-state index < -0.39 is 0 Å². The molecule has 2 heterocycles. The number of hydrogen-bond acceptors (Lipinski definition) is 3. The fourth-order valence-electron chi connectivity index (χ4n) is 2.76. The van der Waals surface area contributed by atoms with Gasteiger partial charge in [-0.25, -0.2) is 4.98 Å². The summed E-state index contributed by atoms with van der Waals surface area (Å²) in [6, 6.07) is 11.6. The SMILES string of the molecule is CCOc1ccc2c(n1)CCN(C(=O)c1cccc(C)c1)C2. The van der Waals surface area contributed by atoms with E-state index in [2.05, 4.69) is 4.98 Å². The van der Waals surface area contributed by atoms with E-state index in [0.717, 1.165) is 28.8 Å². The largest absolute Gasteiger partial charge is 0.478 e. The Morgan fingerprint density at radius 1 is 1.32 bits per heavy atom. The zero-order valence-electron chi connectivity index (χ0n) is 13.0. The number of rotatable bonds is 3. The van der Waals surface area contributed by atoms with Gasteiger partial charge in [-0.15, -0.1) is 0 Å². The average Bonchev–Trinajstić information content (AvgIpc) is 2.54. The third-order valence-corrected chi connectivity index (χ3v) is 3.87. The normalized spacial score (nSPS) is 13.6. The zero-order valence-corrected chi connectivity index (χ0v) is 13.0. The molecule has 22 heavy (non-hydrogen) atoms. The van der Waals surface area contributed by atoms with Crippen molar-refractivity contribution in [1.82, 2.24) is 9.88 Å². The fourth-order valence-corrected chi connectivity index (χ4v) is 2.76. The number of carbonyl (C=O) groups excluding carboxylic acids is 1. The minimum atomic E-state index is 0.0863. The highest BCUT2D eigenvalue weighted by Gasteiger charge is 2.23. The molecule has 2 aromatic rings. The average molecular weight is 296 g/mol. The lowest BCUT2D eigenvalue weighted by atomic mass is 10.0. The Balaban J connectivity index is 1.78. The summed E-state index contributed by atoms with van der Waals surface area (Å²) in [5, 5.41) is 0. The predicted molar refractivity (Wildman–Crippen MR) is 85.0 cm³/mol. The molecule has 0 unspecified atom stereocenters. The minimum Gasteiger partial charge on any atom is -0.478 e. The molecule has 1 aliphatic rings. The van der Waals surface area contributed by atoms with Crippen LogP contribution < -0.4 is 4.74 Å². The topological polar surface area (TPSA) is 42.4 Å². The fraction of sp³-hybridized carbons (Fsp3) is 0.333. The number of nitrogens with zero attached hydrogens (tertiary/aromatic N) is 2. The number of carbonyl (C=O) groups is 1. The Morgan fingerprint density at radius 3 is 2.95 bits per heavy atom. The zero-order chi connectivity index (χ0) is 15.5. The number of pyridine rings is 1. The van der Waals surface area contributed by atoms with E-state index in [1.165, 1.54) is 0 Å². The summed E-state index contributed by atoms with van der Waals surface area (Å²) >= 11 is 0. The highest BCUT2D eigenvalue weighted by atomic mass is 16.5. The van der Waals surface area contributed by atoms with Crippen LogP contribution >= 0.6 is 0 Å². The lowest BCUT2D eigenvalue weighted by Gasteiger charge is -2.28. The molecule has 1 aromatic carbocycles. The van der Waals surface area contributed by atoms with E-state index in [1.807, 2.05) is 55.1 Å². The van der Waals surface area contributed by atoms with Gasteiger partial charge in [0.15, 0.2) is 0 Å². The smallest absolute Gasteiger partial charge is 0.254 e. The number of hydrogen-bond donors (Lipinski definition) is 0. The lowest BCUT2D eigenvalue weighted by Crippen LogP contribution is -2.36. The van der Waals surface area contributed by atoms with Crippen molar-refractivity contribution in [1.29, 1.82) is 0 Å². The molecule has 0 bridgehead atoms. The molecular weight excluding hydrogens is 276 g/mol. The standard InChI is InChI=1S/C18H20N2O2/c1-3-22-17-8-7-15-12-20(10-9-16(15)19-17)18(21)14-6-4-5-13(2)11-14/h4-8,11H,3,9-10,12H2,1-2H3. The Kier molecular flexibility index (Phi) is 4.09. The Bertz CT molecular complexity index is 697. The van der Waals surface area contributed by atoms with Crippen LogP contribution in [-0.2, 0) is 13.0 Å². The lowest BCUT2D eigenvalue weighted by molar-refractivity contribution is 0.0733. The number of aryl methyl sites for hydroxylation is 1. The first-order valence-electron chi connectivity index (χ1n) is 7.65. The van der Waals surface area contributed by atoms with Gasteiger partial charge >= 0.3 is 0 Å². The molecule has 0 aliphatic carbocycles. The highest BCUT2D eigenvalue weighted by Crippen LogP contribution is 2.22. The van der Waals surface area contributed by atoms with Gasteiger partial charge in [0, 0.05) is 31.1 Å². The van der Waals surface area contributed by atoms with Crippen LogP contribution in [0.4, 0.5) is 0 Å². The summed E-state index contributed by atoms with van der Waals surface area (Å²) in [5.41, 5.74) is 4.00. The molecule has 0 atom stereocenters. The molecule has 4 nitrogen and oxygen atoms in total. The van der Waals surface area contributed by atoms with Gasteiger partial charge in [0.2, 0.25) is 5.88 Å². The summed E-state index contributed by atoms with van der Waals surface area (Å²) in [6.45, 7) is 5.87. The quantitative estimate of drug-likeness (QED) is 0.874. The molecule has 1 amide bonds. The second-order valence-electron chi connectivity index (χ2n) is 5.53. The molecule has 0 radical (unpaired) electrons. The number of fused-ring (bicyclic) bond motifs is 1. The van der Waals surface area contributed by atoms with Gasteiger partial charge in [0.1, 0.15) is 0 Å². The van der Waals surface area contributed by atoms with Gasteiger partial charge in [-0.1, -0.05) is 23.8 Å². The molecule has 1 aromatic heterocycles. The molecular formula is C18H20N2O2. The first-order chi connectivity index (χ1) is 10.7. The minimum absolute atomic E-state index is 0.0863. The van der Waals surface area contributed by atoms with Crippen LogP contribution in [0.15, 0.2) is 36.4 Å². The highest BCUT2D eigenvalue weighted by molar-refractivity contribution is 5.94. The molecule has 0 fully saturated rings. The van der Waals surface area contributed by atoms with Crippen molar-refractivity contribution in [3.63, 3.8) is 0 Å². The summed E-state index contributed by atoms with van der Waals surface area (Å²) in [7, 11) is 0. The summed E-state index contributed by atoms with van der Waals surface area (Å²) in [5.74, 6) is 0.753. The van der Waals surface area contributed by atoms with Crippen molar-refractivity contribution in [3.8, 4) is 5.88 Å². The van der Waals surface area contributed by atoms with Crippen molar-refractivity contribution in [2.45, 2.75) is 26.8 Å². The predicted octanol–water partition coefficient (Wildman–Crippen LogP) is 2.99. The molecule has 0 spiro atoms. The molecule has 1 aliphatic heterocycles. The number of ether oxygens (including phenoxy) is 1. The van der Waals surface area contributed by atoms with E-state index in [-0.39, 0.29) is 5.91 Å². The first kappa shape index (κ1) is 14.6. The van der Waals surface area contributed by atoms with Gasteiger partial charge in [-0.3, -0.25) is 4.79 Å². The third kappa shape index (κ3) is 2.96. The Labute approximate surface area is 130 Å². The van der Waals surface area contributed by atoms with Crippen LogP contribution in [0.1, 0.15) is 34.1 Å². The van der Waals surface area contributed by atoms with Gasteiger partial charge in [-0.05, 0) is 31.5 Å². The first-order valence-corrected chi connectivity index (χ1v) is 7.65. The van der Waals surface area contributed by atoms with Crippen LogP contribution in [0.3, 0.4) is 0 Å². The van der Waals surface area contributed by atoms with Crippen LogP contribution in [-0.4, -0.2) is 28.9 Å². The molecule has 4 heteroatoms. The van der Waals surface area contributed by atoms with Crippen LogP contribution in [0.2, 0.25) is 0 Å². The van der Waals surface area contributed by atoms with Gasteiger partial charge in [0.25, 0.3) is 5.91 Å². The number of amides is 1. The second kappa shape index (κ2) is 6.18. The van der Waals surface area contributed by atoms with Crippen LogP contribution in [0, 0.1) is 6.92 Å². The number of benzene rings is 1. The number of aromatic nitrogens is 1. The molecule has 3 rings (SSSR count). The monoisotopic (exact) mass is 296 g/mol. The molecule has 0 N–H and O–H groups in total. The van der Waals surface area contributed by atoms with Gasteiger partial charge in [-0.2, -0.15) is 0 Å².